The van der Waals surface area contributed by atoms with Gasteiger partial charge in [-0.25, -0.2) is 4.99 Å². The first kappa shape index (κ1) is 21.2. The molecule has 0 saturated heterocycles. The fourth-order valence-corrected chi connectivity index (χ4v) is 3.58. The summed E-state index contributed by atoms with van der Waals surface area (Å²) in [5.74, 6) is 1.87. The summed E-state index contributed by atoms with van der Waals surface area (Å²) in [4.78, 5) is 4.78. The summed E-state index contributed by atoms with van der Waals surface area (Å²) >= 11 is 0. The minimum atomic E-state index is 0.607. The number of hydrogen-bond acceptors (Lipinski definition) is 4. The first-order valence-corrected chi connectivity index (χ1v) is 10.4. The van der Waals surface area contributed by atoms with Gasteiger partial charge in [-0.3, -0.25) is 4.68 Å². The molecule has 1 aliphatic heterocycles. The molecule has 7 nitrogen and oxygen atoms in total. The van der Waals surface area contributed by atoms with Crippen LogP contribution < -0.4 is 15.4 Å². The Bertz CT molecular complexity index is 844. The molecule has 2 aromatic rings. The van der Waals surface area contributed by atoms with Gasteiger partial charge in [0.15, 0.2) is 5.96 Å². The van der Waals surface area contributed by atoms with E-state index in [1.165, 1.54) is 16.7 Å². The minimum absolute atomic E-state index is 0.607. The molecule has 2 heterocycles. The molecule has 0 fully saturated rings. The standard InChI is InChI=1S/C22H33N5O2/c1-5-23-22(24-10-8-18-6-7-21-19(14-18)9-12-29-21)25-15-20-16(2)26-27(17(20)3)11-13-28-4/h6-7,14H,5,8-13,15H2,1-4H3,(H2,23,24,25). The van der Waals surface area contributed by atoms with Crippen LogP contribution in [0.4, 0.5) is 0 Å². The summed E-state index contributed by atoms with van der Waals surface area (Å²) in [6, 6.07) is 6.50. The van der Waals surface area contributed by atoms with Crippen LogP contribution in [0.15, 0.2) is 23.2 Å². The topological polar surface area (TPSA) is 72.7 Å². The molecular formula is C22H33N5O2. The molecule has 0 unspecified atom stereocenters. The number of benzene rings is 1. The average molecular weight is 400 g/mol. The van der Waals surface area contributed by atoms with Gasteiger partial charge in [0, 0.05) is 37.9 Å². The Hall–Kier alpha value is -2.54. The molecule has 3 rings (SSSR count). The molecule has 2 N–H and O–H groups in total. The van der Waals surface area contributed by atoms with Gasteiger partial charge in [0.1, 0.15) is 5.75 Å². The molecule has 29 heavy (non-hydrogen) atoms. The molecule has 0 amide bonds. The highest BCUT2D eigenvalue weighted by molar-refractivity contribution is 5.79. The molecule has 1 aromatic heterocycles. The molecule has 158 valence electrons. The van der Waals surface area contributed by atoms with Gasteiger partial charge in [-0.05, 0) is 44.4 Å². The van der Waals surface area contributed by atoms with Crippen LogP contribution in [0.5, 0.6) is 5.75 Å². The van der Waals surface area contributed by atoms with Crippen molar-refractivity contribution in [3.8, 4) is 5.75 Å². The van der Waals surface area contributed by atoms with Gasteiger partial charge in [-0.15, -0.1) is 0 Å². The number of ether oxygens (including phenoxy) is 2. The second kappa shape index (κ2) is 10.3. The number of hydrogen-bond donors (Lipinski definition) is 2. The van der Waals surface area contributed by atoms with Crippen molar-refractivity contribution in [2.24, 2.45) is 4.99 Å². The number of fused-ring (bicyclic) bond motifs is 1. The number of nitrogens with zero attached hydrogens (tertiary/aromatic N) is 3. The first-order valence-electron chi connectivity index (χ1n) is 10.4. The Balaban J connectivity index is 1.58. The van der Waals surface area contributed by atoms with Gasteiger partial charge in [0.25, 0.3) is 0 Å². The Morgan fingerprint density at radius 1 is 1.31 bits per heavy atom. The quantitative estimate of drug-likeness (QED) is 0.500. The summed E-state index contributed by atoms with van der Waals surface area (Å²) in [6.07, 6.45) is 1.96. The van der Waals surface area contributed by atoms with Gasteiger partial charge in [-0.2, -0.15) is 5.10 Å². The van der Waals surface area contributed by atoms with E-state index >= 15 is 0 Å². The third-order valence-corrected chi connectivity index (χ3v) is 5.24. The number of guanidine groups is 1. The number of rotatable bonds is 9. The zero-order chi connectivity index (χ0) is 20.6. The van der Waals surface area contributed by atoms with Crippen LogP contribution >= 0.6 is 0 Å². The summed E-state index contributed by atoms with van der Waals surface area (Å²) in [7, 11) is 1.71. The molecule has 1 aromatic carbocycles. The van der Waals surface area contributed by atoms with Crippen molar-refractivity contribution in [1.82, 2.24) is 20.4 Å². The lowest BCUT2D eigenvalue weighted by Gasteiger charge is -2.12. The lowest BCUT2D eigenvalue weighted by molar-refractivity contribution is 0.182. The second-order valence-corrected chi connectivity index (χ2v) is 7.28. The predicted molar refractivity (Wildman–Crippen MR) is 116 cm³/mol. The SMILES string of the molecule is CCNC(=NCc1c(C)nn(CCOC)c1C)NCCc1ccc2c(c1)CCO2. The largest absolute Gasteiger partial charge is 0.493 e. The van der Waals surface area contributed by atoms with E-state index in [0.717, 1.165) is 62.2 Å². The van der Waals surface area contributed by atoms with Crippen LogP contribution in [-0.2, 0) is 30.7 Å². The van der Waals surface area contributed by atoms with Crippen LogP contribution in [0.3, 0.4) is 0 Å². The third-order valence-electron chi connectivity index (χ3n) is 5.24. The molecule has 0 saturated carbocycles. The molecule has 0 bridgehead atoms. The van der Waals surface area contributed by atoms with E-state index in [4.69, 9.17) is 14.5 Å². The Kier molecular flexibility index (Phi) is 7.52. The van der Waals surface area contributed by atoms with E-state index in [-0.39, 0.29) is 0 Å². The van der Waals surface area contributed by atoms with Crippen molar-refractivity contribution in [2.45, 2.75) is 46.7 Å². The molecule has 7 heteroatoms. The van der Waals surface area contributed by atoms with E-state index in [1.54, 1.807) is 7.11 Å². The van der Waals surface area contributed by atoms with E-state index in [0.29, 0.717) is 13.2 Å². The summed E-state index contributed by atoms with van der Waals surface area (Å²) in [5.41, 5.74) is 6.00. The van der Waals surface area contributed by atoms with Crippen LogP contribution in [0.1, 0.15) is 35.0 Å². The van der Waals surface area contributed by atoms with Crippen LogP contribution in [0.2, 0.25) is 0 Å². The van der Waals surface area contributed by atoms with Gasteiger partial charge >= 0.3 is 0 Å². The van der Waals surface area contributed by atoms with Crippen molar-refractivity contribution in [3.63, 3.8) is 0 Å². The van der Waals surface area contributed by atoms with E-state index < -0.39 is 0 Å². The molecular weight excluding hydrogens is 366 g/mol. The maximum Gasteiger partial charge on any atom is 0.191 e. The summed E-state index contributed by atoms with van der Waals surface area (Å²) < 4.78 is 12.8. The molecule has 0 atom stereocenters. The van der Waals surface area contributed by atoms with Gasteiger partial charge in [0.2, 0.25) is 0 Å². The highest BCUT2D eigenvalue weighted by Crippen LogP contribution is 2.25. The Morgan fingerprint density at radius 3 is 2.97 bits per heavy atom. The van der Waals surface area contributed by atoms with Gasteiger partial charge in [0.05, 0.1) is 32.0 Å². The van der Waals surface area contributed by atoms with Crippen molar-refractivity contribution in [2.75, 3.05) is 33.4 Å². The highest BCUT2D eigenvalue weighted by atomic mass is 16.5. The van der Waals surface area contributed by atoms with Crippen LogP contribution in [0.25, 0.3) is 0 Å². The number of aliphatic imine (C=N–C) groups is 1. The third kappa shape index (κ3) is 5.50. The lowest BCUT2D eigenvalue weighted by atomic mass is 10.1. The predicted octanol–water partition coefficient (Wildman–Crippen LogP) is 2.38. The monoisotopic (exact) mass is 399 g/mol. The second-order valence-electron chi connectivity index (χ2n) is 7.28. The fourth-order valence-electron chi connectivity index (χ4n) is 3.58. The summed E-state index contributed by atoms with van der Waals surface area (Å²) in [5, 5.41) is 11.4. The van der Waals surface area contributed by atoms with E-state index in [1.807, 2.05) is 11.6 Å². The zero-order valence-electron chi connectivity index (χ0n) is 18.0. The van der Waals surface area contributed by atoms with E-state index in [9.17, 15) is 0 Å². The van der Waals surface area contributed by atoms with Crippen molar-refractivity contribution >= 4 is 5.96 Å². The zero-order valence-corrected chi connectivity index (χ0v) is 18.0. The van der Waals surface area contributed by atoms with Crippen molar-refractivity contribution < 1.29 is 9.47 Å². The van der Waals surface area contributed by atoms with Crippen LogP contribution in [0, 0.1) is 13.8 Å². The number of aromatic nitrogens is 2. The maximum atomic E-state index is 5.59. The average Bonchev–Trinajstić information content (AvgIpc) is 3.28. The van der Waals surface area contributed by atoms with Crippen molar-refractivity contribution in [3.05, 3.63) is 46.3 Å². The normalized spacial score (nSPS) is 13.3. The highest BCUT2D eigenvalue weighted by Gasteiger charge is 2.13. The molecule has 0 aliphatic carbocycles. The first-order chi connectivity index (χ1) is 14.1. The number of methoxy groups -OCH3 is 1. The van der Waals surface area contributed by atoms with E-state index in [2.05, 4.69) is 47.8 Å². The number of aryl methyl sites for hydroxylation is 1. The summed E-state index contributed by atoms with van der Waals surface area (Å²) in [6.45, 7) is 10.7. The van der Waals surface area contributed by atoms with Gasteiger partial charge in [-0.1, -0.05) is 12.1 Å². The fraction of sp³-hybridized carbons (Fsp3) is 0.545. The minimum Gasteiger partial charge on any atom is -0.493 e. The van der Waals surface area contributed by atoms with Gasteiger partial charge < -0.3 is 20.1 Å². The molecule has 0 spiro atoms. The number of nitrogens with one attached hydrogen (secondary N) is 2. The maximum absolute atomic E-state index is 5.59. The molecule has 1 aliphatic rings. The smallest absolute Gasteiger partial charge is 0.191 e. The Labute approximate surface area is 173 Å². The molecule has 0 radical (unpaired) electrons. The van der Waals surface area contributed by atoms with Crippen molar-refractivity contribution in [1.29, 1.82) is 0 Å². The Morgan fingerprint density at radius 2 is 2.17 bits per heavy atom. The van der Waals surface area contributed by atoms with Crippen LogP contribution in [-0.4, -0.2) is 49.2 Å². The lowest BCUT2D eigenvalue weighted by Crippen LogP contribution is -2.38.